The minimum absolute atomic E-state index is 0.300. The number of nitrogens with zero attached hydrogens (tertiary/aromatic N) is 2. The predicted octanol–water partition coefficient (Wildman–Crippen LogP) is 4.65. The number of urea groups is 1. The normalized spacial score (nSPS) is 13.5. The second kappa shape index (κ2) is 8.52. The number of sulfonamides is 1. The lowest BCUT2D eigenvalue weighted by Crippen LogP contribution is -2.31. The first-order chi connectivity index (χ1) is 14.8. The van der Waals surface area contributed by atoms with Gasteiger partial charge in [-0.05, 0) is 43.2 Å². The first-order valence-corrected chi connectivity index (χ1v) is 11.7. The molecule has 0 saturated heterocycles. The molecule has 0 spiro atoms. The van der Waals surface area contributed by atoms with Crippen LogP contribution in [0.4, 0.5) is 25.7 Å². The van der Waals surface area contributed by atoms with Crippen LogP contribution >= 0.6 is 11.3 Å². The molecule has 1 aromatic heterocycles. The zero-order valence-corrected chi connectivity index (χ0v) is 18.0. The largest absolute Gasteiger partial charge is 0.445 e. The average molecular weight is 463 g/mol. The summed E-state index contributed by atoms with van der Waals surface area (Å²) < 4.78 is 45.6. The Morgan fingerprint density at radius 3 is 2.74 bits per heavy atom. The number of rotatable bonds is 7. The molecule has 31 heavy (non-hydrogen) atoms. The maximum atomic E-state index is 13.3. The van der Waals surface area contributed by atoms with Crippen LogP contribution in [0.1, 0.15) is 12.8 Å². The van der Waals surface area contributed by atoms with Crippen LogP contribution in [0.15, 0.2) is 54.7 Å². The van der Waals surface area contributed by atoms with Gasteiger partial charge in [-0.1, -0.05) is 23.5 Å². The molecule has 1 saturated carbocycles. The van der Waals surface area contributed by atoms with Crippen molar-refractivity contribution in [3.63, 3.8) is 0 Å². The molecule has 0 atom stereocenters. The van der Waals surface area contributed by atoms with Gasteiger partial charge in [0.15, 0.2) is 5.13 Å². The van der Waals surface area contributed by atoms with Crippen LogP contribution in [0.2, 0.25) is 0 Å². The van der Waals surface area contributed by atoms with E-state index >= 15 is 0 Å². The zero-order valence-electron chi connectivity index (χ0n) is 16.4. The van der Waals surface area contributed by atoms with E-state index < -0.39 is 21.9 Å². The van der Waals surface area contributed by atoms with E-state index in [2.05, 4.69) is 15.0 Å². The smallest absolute Gasteiger partial charge is 0.327 e. The van der Waals surface area contributed by atoms with Crippen molar-refractivity contribution in [2.24, 2.45) is 0 Å². The first kappa shape index (κ1) is 21.1. The lowest BCUT2D eigenvalue weighted by molar-refractivity contribution is 0.258. The molecule has 2 N–H and O–H groups in total. The van der Waals surface area contributed by atoms with Crippen molar-refractivity contribution in [1.29, 1.82) is 0 Å². The van der Waals surface area contributed by atoms with Crippen LogP contribution in [0.5, 0.6) is 10.8 Å². The molecule has 1 aliphatic rings. The van der Waals surface area contributed by atoms with Gasteiger partial charge in [-0.2, -0.15) is 0 Å². The number of thiazole rings is 1. The molecule has 0 bridgehead atoms. The summed E-state index contributed by atoms with van der Waals surface area (Å²) in [5.41, 5.74) is 0.894. The highest BCUT2D eigenvalue weighted by molar-refractivity contribution is 7.93. The highest BCUT2D eigenvalue weighted by atomic mass is 32.2. The number of ether oxygens (including phenoxy) is 1. The highest BCUT2D eigenvalue weighted by Crippen LogP contribution is 2.32. The van der Waals surface area contributed by atoms with Gasteiger partial charge >= 0.3 is 6.03 Å². The van der Waals surface area contributed by atoms with Gasteiger partial charge in [0.25, 0.3) is 0 Å². The SMILES string of the molecule is CN(C(=O)Nc1ncc(Oc2cccc(F)c2)s1)c1cccc(NS(=O)(=O)C2CC2)c1. The lowest BCUT2D eigenvalue weighted by atomic mass is 10.2. The average Bonchev–Trinajstić information content (AvgIpc) is 3.50. The third-order valence-corrected chi connectivity index (χ3v) is 7.13. The number of benzene rings is 2. The monoisotopic (exact) mass is 462 g/mol. The first-order valence-electron chi connectivity index (χ1n) is 9.36. The Kier molecular flexibility index (Phi) is 5.79. The summed E-state index contributed by atoms with van der Waals surface area (Å²) in [6.45, 7) is 0. The van der Waals surface area contributed by atoms with Crippen LogP contribution in [0.3, 0.4) is 0 Å². The second-order valence-corrected chi connectivity index (χ2v) is 9.88. The molecule has 162 valence electrons. The standard InChI is InChI=1S/C20H19FN4O4S2/c1-25(15-6-3-5-14(11-15)24-31(27,28)17-8-9-17)20(26)23-19-22-12-18(30-19)29-16-7-2-4-13(21)10-16/h2-7,10-12,17,24H,8-9H2,1H3,(H,22,23,26). The number of carbonyl (C=O) groups is 1. The number of halogens is 1. The molecule has 8 nitrogen and oxygen atoms in total. The Morgan fingerprint density at radius 2 is 2.00 bits per heavy atom. The minimum Gasteiger partial charge on any atom is -0.445 e. The van der Waals surface area contributed by atoms with Crippen LogP contribution in [-0.4, -0.2) is 31.7 Å². The number of aromatic nitrogens is 1. The van der Waals surface area contributed by atoms with E-state index in [1.807, 2.05) is 0 Å². The second-order valence-electron chi connectivity index (χ2n) is 6.93. The van der Waals surface area contributed by atoms with Gasteiger partial charge < -0.3 is 4.74 Å². The van der Waals surface area contributed by atoms with Crippen molar-refractivity contribution in [2.75, 3.05) is 22.0 Å². The predicted molar refractivity (Wildman–Crippen MR) is 118 cm³/mol. The maximum absolute atomic E-state index is 13.3. The van der Waals surface area contributed by atoms with Crippen molar-refractivity contribution in [3.8, 4) is 10.8 Å². The third-order valence-electron chi connectivity index (χ3n) is 4.47. The highest BCUT2D eigenvalue weighted by Gasteiger charge is 2.35. The number of hydrogen-bond donors (Lipinski definition) is 2. The molecule has 2 aromatic carbocycles. The molecule has 3 aromatic rings. The molecule has 1 heterocycles. The van der Waals surface area contributed by atoms with E-state index in [4.69, 9.17) is 4.74 Å². The summed E-state index contributed by atoms with van der Waals surface area (Å²) >= 11 is 1.09. The fraction of sp³-hybridized carbons (Fsp3) is 0.200. The summed E-state index contributed by atoms with van der Waals surface area (Å²) in [5.74, 6) is -0.0945. The fourth-order valence-electron chi connectivity index (χ4n) is 2.71. The Hall–Kier alpha value is -3.18. The topological polar surface area (TPSA) is 101 Å². The molecule has 11 heteroatoms. The minimum atomic E-state index is -3.39. The third kappa shape index (κ3) is 5.30. The Balaban J connectivity index is 1.40. The molecule has 0 radical (unpaired) electrons. The van der Waals surface area contributed by atoms with E-state index in [1.54, 1.807) is 37.4 Å². The van der Waals surface area contributed by atoms with Gasteiger partial charge in [-0.15, -0.1) is 0 Å². The van der Waals surface area contributed by atoms with Crippen molar-refractivity contribution >= 4 is 43.9 Å². The summed E-state index contributed by atoms with van der Waals surface area (Å²) in [4.78, 5) is 18.0. The number of nitrogens with one attached hydrogen (secondary N) is 2. The number of anilines is 3. The van der Waals surface area contributed by atoms with Gasteiger partial charge in [0.05, 0.1) is 17.1 Å². The maximum Gasteiger partial charge on any atom is 0.327 e. The number of carbonyl (C=O) groups excluding carboxylic acids is 1. The van der Waals surface area contributed by atoms with Crippen LogP contribution in [0.25, 0.3) is 0 Å². The summed E-state index contributed by atoms with van der Waals surface area (Å²) in [5, 5.41) is 3.00. The van der Waals surface area contributed by atoms with E-state index in [9.17, 15) is 17.6 Å². The summed E-state index contributed by atoms with van der Waals surface area (Å²) in [6.07, 6.45) is 2.75. The number of amides is 2. The van der Waals surface area contributed by atoms with Gasteiger partial charge in [0, 0.05) is 18.8 Å². The van der Waals surface area contributed by atoms with E-state index in [0.29, 0.717) is 40.2 Å². The molecule has 2 amide bonds. The van der Waals surface area contributed by atoms with Gasteiger partial charge in [-0.3, -0.25) is 14.9 Å². The fourth-order valence-corrected chi connectivity index (χ4v) is 4.76. The number of hydrogen-bond acceptors (Lipinski definition) is 6. The van der Waals surface area contributed by atoms with E-state index in [1.165, 1.54) is 29.3 Å². The molecule has 1 fully saturated rings. The Bertz CT molecular complexity index is 1210. The van der Waals surface area contributed by atoms with E-state index in [0.717, 1.165) is 11.3 Å². The molecule has 0 unspecified atom stereocenters. The Morgan fingerprint density at radius 1 is 1.23 bits per heavy atom. The molecular weight excluding hydrogens is 443 g/mol. The van der Waals surface area contributed by atoms with Crippen LogP contribution in [-0.2, 0) is 10.0 Å². The van der Waals surface area contributed by atoms with Crippen LogP contribution < -0.4 is 19.7 Å². The molecule has 4 rings (SSSR count). The summed E-state index contributed by atoms with van der Waals surface area (Å²) in [6, 6.07) is 11.8. The lowest BCUT2D eigenvalue weighted by Gasteiger charge is -2.18. The molecule has 1 aliphatic carbocycles. The molecular formula is C20H19FN4O4S2. The Labute approximate surface area is 182 Å². The molecule has 0 aliphatic heterocycles. The summed E-state index contributed by atoms with van der Waals surface area (Å²) in [7, 11) is -1.83. The van der Waals surface area contributed by atoms with Crippen molar-refractivity contribution < 1.29 is 22.3 Å². The van der Waals surface area contributed by atoms with Crippen molar-refractivity contribution in [1.82, 2.24) is 4.98 Å². The van der Waals surface area contributed by atoms with Gasteiger partial charge in [-0.25, -0.2) is 22.6 Å². The van der Waals surface area contributed by atoms with Gasteiger partial charge in [0.2, 0.25) is 15.1 Å². The van der Waals surface area contributed by atoms with Gasteiger partial charge in [0.1, 0.15) is 11.6 Å². The van der Waals surface area contributed by atoms with Crippen molar-refractivity contribution in [3.05, 3.63) is 60.5 Å². The quantitative estimate of drug-likeness (QED) is 0.532. The van der Waals surface area contributed by atoms with E-state index in [-0.39, 0.29) is 5.25 Å². The van der Waals surface area contributed by atoms with Crippen LogP contribution in [0, 0.1) is 5.82 Å². The zero-order chi connectivity index (χ0) is 22.0. The van der Waals surface area contributed by atoms with Crippen molar-refractivity contribution in [2.45, 2.75) is 18.1 Å².